The van der Waals surface area contributed by atoms with Crippen molar-refractivity contribution in [2.24, 2.45) is 0 Å². The molecule has 0 bridgehead atoms. The van der Waals surface area contributed by atoms with Gasteiger partial charge in [0, 0.05) is 12.6 Å². The van der Waals surface area contributed by atoms with Crippen LogP contribution >= 0.6 is 0 Å². The van der Waals surface area contributed by atoms with Gasteiger partial charge in [-0.1, -0.05) is 6.92 Å². The first-order valence-corrected chi connectivity index (χ1v) is 4.84. The zero-order chi connectivity index (χ0) is 11.0. The Bertz CT molecular complexity index is 529. The van der Waals surface area contributed by atoms with Crippen molar-refractivity contribution in [3.05, 3.63) is 35.4 Å². The molecule has 0 spiro atoms. The van der Waals surface area contributed by atoms with Crippen LogP contribution in [-0.4, -0.2) is 20.5 Å². The second-order valence-electron chi connectivity index (χ2n) is 3.45. The monoisotopic (exact) mass is 204 g/mol. The molecule has 0 fully saturated rings. The van der Waals surface area contributed by atoms with E-state index in [1.54, 1.807) is 18.3 Å². The highest BCUT2D eigenvalue weighted by Gasteiger charge is 2.09. The highest BCUT2D eigenvalue weighted by molar-refractivity contribution is 5.87. The number of pyridine rings is 1. The third kappa shape index (κ3) is 1.48. The lowest BCUT2D eigenvalue weighted by molar-refractivity contribution is 0.0696. The summed E-state index contributed by atoms with van der Waals surface area (Å²) < 4.78 is 1.85. The quantitative estimate of drug-likeness (QED) is 0.812. The molecule has 2 aromatic rings. The fourth-order valence-corrected chi connectivity index (χ4v) is 1.69. The normalized spacial score (nSPS) is 10.8. The minimum absolute atomic E-state index is 0.287. The number of hydrogen-bond donors (Lipinski definition) is 1. The van der Waals surface area contributed by atoms with Crippen LogP contribution in [0.25, 0.3) is 5.52 Å². The average molecular weight is 204 g/mol. The fourth-order valence-electron chi connectivity index (χ4n) is 1.69. The molecule has 0 aliphatic rings. The summed E-state index contributed by atoms with van der Waals surface area (Å²) in [5, 5.41) is 8.88. The second-order valence-corrected chi connectivity index (χ2v) is 3.45. The van der Waals surface area contributed by atoms with E-state index in [1.165, 1.54) is 0 Å². The molecule has 1 N–H and O–H groups in total. The first-order chi connectivity index (χ1) is 7.13. The topological polar surface area (TPSA) is 54.6 Å². The van der Waals surface area contributed by atoms with Gasteiger partial charge in [-0.05, 0) is 19.1 Å². The van der Waals surface area contributed by atoms with Crippen molar-refractivity contribution in [3.8, 4) is 0 Å². The summed E-state index contributed by atoms with van der Waals surface area (Å²) in [5.41, 5.74) is 2.19. The number of aromatic nitrogens is 2. The van der Waals surface area contributed by atoms with E-state index in [0.29, 0.717) is 0 Å². The van der Waals surface area contributed by atoms with Crippen molar-refractivity contribution >= 4 is 11.5 Å². The van der Waals surface area contributed by atoms with Gasteiger partial charge < -0.3 is 9.51 Å². The molecule has 0 aromatic carbocycles. The Morgan fingerprint density at radius 1 is 1.53 bits per heavy atom. The lowest BCUT2D eigenvalue weighted by Crippen LogP contribution is -2.00. The molecule has 4 nitrogen and oxygen atoms in total. The predicted octanol–water partition coefficient (Wildman–Crippen LogP) is 1.90. The maximum Gasteiger partial charge on any atom is 0.337 e. The molecule has 2 aromatic heterocycles. The van der Waals surface area contributed by atoms with Crippen LogP contribution in [-0.2, 0) is 6.42 Å². The minimum Gasteiger partial charge on any atom is -0.478 e. The molecule has 0 saturated heterocycles. The van der Waals surface area contributed by atoms with Gasteiger partial charge >= 0.3 is 5.97 Å². The number of fused-ring (bicyclic) bond motifs is 1. The van der Waals surface area contributed by atoms with Crippen LogP contribution in [0, 0.1) is 6.92 Å². The largest absolute Gasteiger partial charge is 0.478 e. The molecule has 15 heavy (non-hydrogen) atoms. The minimum atomic E-state index is -0.912. The lowest BCUT2D eigenvalue weighted by atomic mass is 10.2. The predicted molar refractivity (Wildman–Crippen MR) is 56.3 cm³/mol. The summed E-state index contributed by atoms with van der Waals surface area (Å²) in [4.78, 5) is 15.2. The van der Waals surface area contributed by atoms with E-state index in [1.807, 2.05) is 18.2 Å². The highest BCUT2D eigenvalue weighted by atomic mass is 16.4. The molecule has 2 heterocycles. The van der Waals surface area contributed by atoms with E-state index in [9.17, 15) is 4.79 Å². The Labute approximate surface area is 87.2 Å². The zero-order valence-corrected chi connectivity index (χ0v) is 8.69. The number of hydrogen-bond acceptors (Lipinski definition) is 2. The molecular weight excluding hydrogens is 192 g/mol. The second kappa shape index (κ2) is 3.38. The molecular formula is C11H12N2O2. The molecule has 4 heteroatoms. The molecule has 0 radical (unpaired) electrons. The Hall–Kier alpha value is -1.84. The highest BCUT2D eigenvalue weighted by Crippen LogP contribution is 2.14. The van der Waals surface area contributed by atoms with Crippen molar-refractivity contribution in [2.45, 2.75) is 20.3 Å². The van der Waals surface area contributed by atoms with Gasteiger partial charge in [0.2, 0.25) is 0 Å². The first kappa shape index (κ1) is 9.71. The fraction of sp³-hybridized carbons (Fsp3) is 0.273. The smallest absolute Gasteiger partial charge is 0.337 e. The van der Waals surface area contributed by atoms with Gasteiger partial charge in [0.05, 0.1) is 16.8 Å². The molecule has 0 unspecified atom stereocenters. The van der Waals surface area contributed by atoms with Gasteiger partial charge in [-0.2, -0.15) is 0 Å². The van der Waals surface area contributed by atoms with E-state index in [0.717, 1.165) is 23.5 Å². The Kier molecular flexibility index (Phi) is 2.19. The molecule has 0 aliphatic carbocycles. The maximum absolute atomic E-state index is 10.8. The number of carboxylic acids is 1. The zero-order valence-electron chi connectivity index (χ0n) is 8.69. The molecule has 0 saturated carbocycles. The molecule has 78 valence electrons. The third-order valence-electron chi connectivity index (χ3n) is 2.46. The van der Waals surface area contributed by atoms with E-state index in [-0.39, 0.29) is 5.56 Å². The summed E-state index contributed by atoms with van der Waals surface area (Å²) in [6.45, 7) is 3.93. The molecule has 0 amide bonds. The summed E-state index contributed by atoms with van der Waals surface area (Å²) >= 11 is 0. The van der Waals surface area contributed by atoms with Crippen molar-refractivity contribution in [1.29, 1.82) is 0 Å². The summed E-state index contributed by atoms with van der Waals surface area (Å²) in [7, 11) is 0. The number of carboxylic acid groups (broad SMARTS) is 1. The molecule has 0 atom stereocenters. The van der Waals surface area contributed by atoms with Crippen LogP contribution in [0.4, 0.5) is 0 Å². The number of carbonyl (C=O) groups is 1. The summed E-state index contributed by atoms with van der Waals surface area (Å²) in [6.07, 6.45) is 2.41. The third-order valence-corrected chi connectivity index (χ3v) is 2.46. The van der Waals surface area contributed by atoms with Crippen LogP contribution in [0.15, 0.2) is 18.3 Å². The van der Waals surface area contributed by atoms with Crippen molar-refractivity contribution < 1.29 is 9.90 Å². The van der Waals surface area contributed by atoms with Gasteiger partial charge in [0.25, 0.3) is 0 Å². The summed E-state index contributed by atoms with van der Waals surface area (Å²) in [5.74, 6) is -0.0177. The van der Waals surface area contributed by atoms with E-state index in [4.69, 9.17) is 5.11 Å². The Morgan fingerprint density at radius 3 is 2.87 bits per heavy atom. The van der Waals surface area contributed by atoms with Crippen molar-refractivity contribution in [2.75, 3.05) is 0 Å². The van der Waals surface area contributed by atoms with Crippen LogP contribution in [0.1, 0.15) is 28.8 Å². The SMILES string of the molecule is CCc1nc(C)c2ccc(C(=O)O)cn12. The van der Waals surface area contributed by atoms with Crippen LogP contribution in [0.5, 0.6) is 0 Å². The van der Waals surface area contributed by atoms with Crippen molar-refractivity contribution in [1.82, 2.24) is 9.38 Å². The molecule has 2 rings (SSSR count). The van der Waals surface area contributed by atoms with Crippen LogP contribution in [0.2, 0.25) is 0 Å². The number of imidazole rings is 1. The van der Waals surface area contributed by atoms with E-state index >= 15 is 0 Å². The van der Waals surface area contributed by atoms with E-state index < -0.39 is 5.97 Å². The maximum atomic E-state index is 10.8. The Balaban J connectivity index is 2.73. The van der Waals surface area contributed by atoms with Crippen LogP contribution in [0.3, 0.4) is 0 Å². The van der Waals surface area contributed by atoms with Gasteiger partial charge in [-0.3, -0.25) is 0 Å². The van der Waals surface area contributed by atoms with Crippen LogP contribution < -0.4 is 0 Å². The number of rotatable bonds is 2. The number of aryl methyl sites for hydroxylation is 2. The first-order valence-electron chi connectivity index (χ1n) is 4.84. The average Bonchev–Trinajstić information content (AvgIpc) is 2.55. The molecule has 0 aliphatic heterocycles. The van der Waals surface area contributed by atoms with Gasteiger partial charge in [-0.25, -0.2) is 9.78 Å². The van der Waals surface area contributed by atoms with Gasteiger partial charge in [-0.15, -0.1) is 0 Å². The Morgan fingerprint density at radius 2 is 2.27 bits per heavy atom. The van der Waals surface area contributed by atoms with Gasteiger partial charge in [0.1, 0.15) is 5.82 Å². The van der Waals surface area contributed by atoms with Gasteiger partial charge in [0.15, 0.2) is 0 Å². The number of aromatic carboxylic acids is 1. The lowest BCUT2D eigenvalue weighted by Gasteiger charge is -2.00. The van der Waals surface area contributed by atoms with Crippen molar-refractivity contribution in [3.63, 3.8) is 0 Å². The van der Waals surface area contributed by atoms with E-state index in [2.05, 4.69) is 4.98 Å². The number of nitrogens with zero attached hydrogens (tertiary/aromatic N) is 2. The summed E-state index contributed by atoms with van der Waals surface area (Å²) in [6, 6.07) is 3.40. The standard InChI is InChI=1S/C11H12N2O2/c1-3-10-12-7(2)9-5-4-8(11(14)15)6-13(9)10/h4-6H,3H2,1-2H3,(H,14,15).